The molecule has 2 aromatic rings. The molecule has 6 heteroatoms. The number of benzene rings is 1. The summed E-state index contributed by atoms with van der Waals surface area (Å²) in [6.07, 6.45) is 7.57. The van der Waals surface area contributed by atoms with E-state index in [2.05, 4.69) is 17.3 Å². The van der Waals surface area contributed by atoms with Crippen LogP contribution in [0, 0.1) is 30.6 Å². The second kappa shape index (κ2) is 6.45. The topological polar surface area (TPSA) is 62.9 Å². The highest BCUT2D eigenvalue weighted by molar-refractivity contribution is 6.30. The van der Waals surface area contributed by atoms with E-state index in [1.54, 1.807) is 6.07 Å². The normalized spacial score (nSPS) is 28.6. The maximum Gasteiger partial charge on any atom is 0.254 e. The minimum Gasteiger partial charge on any atom is -0.455 e. The van der Waals surface area contributed by atoms with Crippen LogP contribution >= 0.6 is 11.6 Å². The largest absolute Gasteiger partial charge is 0.455 e. The first-order chi connectivity index (χ1) is 13.5. The molecule has 2 amide bonds. The first kappa shape index (κ1) is 17.4. The number of imide groups is 1. The molecule has 28 heavy (non-hydrogen) atoms. The molecule has 3 aliphatic carbocycles. The zero-order chi connectivity index (χ0) is 19.4. The number of nitrogens with zero attached hydrogens (tertiary/aromatic N) is 2. The van der Waals surface area contributed by atoms with Crippen LogP contribution in [0.2, 0.25) is 5.02 Å². The fraction of sp³-hybridized carbons (Fsp3) is 0.318. The van der Waals surface area contributed by atoms with E-state index in [9.17, 15) is 9.59 Å². The first-order valence-corrected chi connectivity index (χ1v) is 9.87. The number of rotatable bonds is 3. The molecule has 0 radical (unpaired) electrons. The number of hydrogen-bond acceptors (Lipinski definition) is 4. The number of allylic oxidation sites excluding steroid dienone is 2. The van der Waals surface area contributed by atoms with E-state index in [-0.39, 0.29) is 35.5 Å². The summed E-state index contributed by atoms with van der Waals surface area (Å²) in [5.74, 6) is 0.567. The van der Waals surface area contributed by atoms with Crippen molar-refractivity contribution in [3.8, 4) is 11.3 Å². The summed E-state index contributed by atoms with van der Waals surface area (Å²) in [5, 5.41) is 5.86. The van der Waals surface area contributed by atoms with Crippen molar-refractivity contribution in [1.29, 1.82) is 0 Å². The van der Waals surface area contributed by atoms with Gasteiger partial charge in [0.05, 0.1) is 18.1 Å². The molecule has 1 aromatic heterocycles. The van der Waals surface area contributed by atoms with E-state index in [1.165, 1.54) is 6.21 Å². The molecule has 142 valence electrons. The molecule has 4 atom stereocenters. The smallest absolute Gasteiger partial charge is 0.254 e. The van der Waals surface area contributed by atoms with Crippen molar-refractivity contribution in [2.75, 3.05) is 0 Å². The summed E-state index contributed by atoms with van der Waals surface area (Å²) in [7, 11) is 0. The summed E-state index contributed by atoms with van der Waals surface area (Å²) in [4.78, 5) is 25.6. The molecule has 1 saturated carbocycles. The van der Waals surface area contributed by atoms with E-state index >= 15 is 0 Å². The molecule has 2 fully saturated rings. The van der Waals surface area contributed by atoms with Gasteiger partial charge in [0.15, 0.2) is 0 Å². The molecule has 2 heterocycles. The quantitative estimate of drug-likeness (QED) is 0.439. The van der Waals surface area contributed by atoms with Crippen LogP contribution in [0.25, 0.3) is 11.3 Å². The van der Waals surface area contributed by atoms with Crippen LogP contribution in [0.1, 0.15) is 24.2 Å². The SMILES string of the molecule is Cc1ccc(Cl)cc1-c1ccc(/C=N\N2C(=O)[C@H]3[C@H](C2=O)[C@H]2C=C[C@H]3CC2)o1. The fourth-order valence-electron chi connectivity index (χ4n) is 4.71. The van der Waals surface area contributed by atoms with Crippen LogP contribution in [0.4, 0.5) is 0 Å². The summed E-state index contributed by atoms with van der Waals surface area (Å²) >= 11 is 6.09. The van der Waals surface area contributed by atoms with E-state index in [0.717, 1.165) is 29.0 Å². The second-order valence-electron chi connectivity index (χ2n) is 7.74. The zero-order valence-electron chi connectivity index (χ0n) is 15.3. The third-order valence-electron chi connectivity index (χ3n) is 6.13. The fourth-order valence-corrected chi connectivity index (χ4v) is 4.89. The van der Waals surface area contributed by atoms with E-state index < -0.39 is 0 Å². The van der Waals surface area contributed by atoms with Crippen LogP contribution < -0.4 is 0 Å². The minimum absolute atomic E-state index is 0.160. The van der Waals surface area contributed by atoms with Gasteiger partial charge in [0.1, 0.15) is 11.5 Å². The van der Waals surface area contributed by atoms with Crippen LogP contribution in [-0.2, 0) is 9.59 Å². The van der Waals surface area contributed by atoms with Gasteiger partial charge in [-0.25, -0.2) is 0 Å². The number of fused-ring (bicyclic) bond motifs is 1. The first-order valence-electron chi connectivity index (χ1n) is 9.49. The third kappa shape index (κ3) is 2.65. The van der Waals surface area contributed by atoms with Gasteiger partial charge in [-0.2, -0.15) is 10.1 Å². The summed E-state index contributed by atoms with van der Waals surface area (Å²) in [6.45, 7) is 1.98. The Hall–Kier alpha value is -2.66. The maximum atomic E-state index is 12.8. The van der Waals surface area contributed by atoms with Crippen molar-refractivity contribution >= 4 is 29.6 Å². The molecule has 0 spiro atoms. The van der Waals surface area contributed by atoms with Gasteiger partial charge in [0.25, 0.3) is 11.8 Å². The highest BCUT2D eigenvalue weighted by Gasteiger charge is 2.56. The Bertz CT molecular complexity index is 1010. The Labute approximate surface area is 167 Å². The van der Waals surface area contributed by atoms with Gasteiger partial charge >= 0.3 is 0 Å². The average Bonchev–Trinajstić information content (AvgIpc) is 3.28. The molecule has 1 saturated heterocycles. The van der Waals surface area contributed by atoms with Crippen molar-refractivity contribution in [2.24, 2.45) is 28.8 Å². The molecule has 5 nitrogen and oxygen atoms in total. The highest BCUT2D eigenvalue weighted by Crippen LogP contribution is 2.49. The molecule has 0 unspecified atom stereocenters. The van der Waals surface area contributed by atoms with Gasteiger partial charge in [-0.05, 0) is 61.4 Å². The number of hydrazone groups is 1. The lowest BCUT2D eigenvalue weighted by Gasteiger charge is -2.37. The Morgan fingerprint density at radius 1 is 1.07 bits per heavy atom. The maximum absolute atomic E-state index is 12.8. The lowest BCUT2D eigenvalue weighted by molar-refractivity contribution is -0.140. The molecule has 6 rings (SSSR count). The standard InChI is InChI=1S/C22H19ClN2O3/c1-12-2-7-15(23)10-17(12)18-9-8-16(28-18)11-24-25-21(26)19-13-3-4-14(6-5-13)20(19)22(25)27/h2-4,7-11,13-14,19-20H,5-6H2,1H3/b24-11-/t13-,14-,19+,20+/m0/s1. The molecule has 1 aromatic carbocycles. The van der Waals surface area contributed by atoms with Crippen molar-refractivity contribution in [2.45, 2.75) is 19.8 Å². The van der Waals surface area contributed by atoms with Gasteiger partial charge in [0.2, 0.25) is 0 Å². The lowest BCUT2D eigenvalue weighted by Crippen LogP contribution is -2.38. The van der Waals surface area contributed by atoms with Crippen molar-refractivity contribution in [3.63, 3.8) is 0 Å². The molecular formula is C22H19ClN2O3. The highest BCUT2D eigenvalue weighted by atomic mass is 35.5. The predicted octanol–water partition coefficient (Wildman–Crippen LogP) is 4.44. The predicted molar refractivity (Wildman–Crippen MR) is 106 cm³/mol. The molecule has 2 bridgehead atoms. The van der Waals surface area contributed by atoms with Crippen molar-refractivity contribution in [1.82, 2.24) is 5.01 Å². The number of carbonyl (C=O) groups excluding carboxylic acids is 2. The number of carbonyl (C=O) groups is 2. The van der Waals surface area contributed by atoms with E-state index in [0.29, 0.717) is 16.5 Å². The number of aryl methyl sites for hydroxylation is 1. The van der Waals surface area contributed by atoms with Crippen LogP contribution in [0.5, 0.6) is 0 Å². The summed E-state index contributed by atoms with van der Waals surface area (Å²) < 4.78 is 5.84. The monoisotopic (exact) mass is 394 g/mol. The van der Waals surface area contributed by atoms with E-state index in [1.807, 2.05) is 31.2 Å². The third-order valence-corrected chi connectivity index (χ3v) is 6.36. The molecule has 1 aliphatic heterocycles. The van der Waals surface area contributed by atoms with Crippen LogP contribution in [-0.4, -0.2) is 23.0 Å². The van der Waals surface area contributed by atoms with Crippen molar-refractivity contribution < 1.29 is 14.0 Å². The molecular weight excluding hydrogens is 376 g/mol. The Morgan fingerprint density at radius 3 is 2.39 bits per heavy atom. The van der Waals surface area contributed by atoms with E-state index in [4.69, 9.17) is 16.0 Å². The van der Waals surface area contributed by atoms with Crippen molar-refractivity contribution in [3.05, 3.63) is 58.8 Å². The molecule has 4 aliphatic rings. The Kier molecular flexibility index (Phi) is 4.02. The zero-order valence-corrected chi connectivity index (χ0v) is 16.1. The van der Waals surface area contributed by atoms with Gasteiger partial charge < -0.3 is 4.42 Å². The van der Waals surface area contributed by atoms with Gasteiger partial charge in [0, 0.05) is 10.6 Å². The number of furan rings is 1. The van der Waals surface area contributed by atoms with Gasteiger partial charge in [-0.3, -0.25) is 9.59 Å². The Balaban J connectivity index is 1.39. The Morgan fingerprint density at radius 2 is 1.75 bits per heavy atom. The van der Waals surface area contributed by atoms with Gasteiger partial charge in [-0.1, -0.05) is 29.8 Å². The molecule has 0 N–H and O–H groups in total. The lowest BCUT2D eigenvalue weighted by atomic mass is 9.63. The van der Waals surface area contributed by atoms with Gasteiger partial charge in [-0.15, -0.1) is 0 Å². The average molecular weight is 395 g/mol. The second-order valence-corrected chi connectivity index (χ2v) is 8.17. The summed E-state index contributed by atoms with van der Waals surface area (Å²) in [5.41, 5.74) is 1.94. The number of hydrogen-bond donors (Lipinski definition) is 0. The summed E-state index contributed by atoms with van der Waals surface area (Å²) in [6, 6.07) is 9.20. The van der Waals surface area contributed by atoms with Crippen LogP contribution in [0.15, 0.2) is 52.0 Å². The number of amides is 2. The minimum atomic E-state index is -0.255. The number of halogens is 1. The van der Waals surface area contributed by atoms with Crippen LogP contribution in [0.3, 0.4) is 0 Å².